The fraction of sp³-hybridized carbons (Fsp3) is 0.538. The first-order valence-corrected chi connectivity index (χ1v) is 9.41. The molecule has 108 valence electrons. The summed E-state index contributed by atoms with van der Waals surface area (Å²) in [4.78, 5) is 2.27. The Balaban J connectivity index is 3.21. The summed E-state index contributed by atoms with van der Waals surface area (Å²) in [7, 11) is -1.33. The van der Waals surface area contributed by atoms with E-state index in [9.17, 15) is 8.42 Å². The Labute approximate surface area is 120 Å². The van der Waals surface area contributed by atoms with Gasteiger partial charge in [0.1, 0.15) is 0 Å². The summed E-state index contributed by atoms with van der Waals surface area (Å²) in [6.45, 7) is 2.12. The Morgan fingerprint density at radius 1 is 1.42 bits per heavy atom. The molecular formula is C13H22N2O2S2. The van der Waals surface area contributed by atoms with E-state index < -0.39 is 9.84 Å². The van der Waals surface area contributed by atoms with Crippen molar-refractivity contribution in [3.63, 3.8) is 0 Å². The number of hydrogen-bond acceptors (Lipinski definition) is 5. The van der Waals surface area contributed by atoms with Crippen LogP contribution in [0.15, 0.2) is 23.1 Å². The van der Waals surface area contributed by atoms with Crippen molar-refractivity contribution in [1.82, 2.24) is 0 Å². The van der Waals surface area contributed by atoms with E-state index >= 15 is 0 Å². The van der Waals surface area contributed by atoms with Crippen LogP contribution < -0.4 is 10.6 Å². The van der Waals surface area contributed by atoms with Gasteiger partial charge in [-0.1, -0.05) is 13.0 Å². The first kappa shape index (κ1) is 16.2. The lowest BCUT2D eigenvalue weighted by Crippen LogP contribution is -2.33. The molecule has 0 spiro atoms. The Bertz CT molecular complexity index is 529. The van der Waals surface area contributed by atoms with E-state index in [0.717, 1.165) is 17.9 Å². The smallest absolute Gasteiger partial charge is 0.177 e. The van der Waals surface area contributed by atoms with Crippen molar-refractivity contribution in [2.24, 2.45) is 0 Å². The van der Waals surface area contributed by atoms with Crippen LogP contribution in [0, 0.1) is 0 Å². The standard InChI is InChI=1S/C13H22N2O2S2/c1-5-10(9-18-3)15(2)11-7-6-8-12(13(11)14)19(4,16)17/h6-8,10H,5,9,14H2,1-4H3. The molecule has 1 atom stereocenters. The first-order valence-electron chi connectivity index (χ1n) is 6.13. The molecular weight excluding hydrogens is 280 g/mol. The van der Waals surface area contributed by atoms with Gasteiger partial charge in [-0.25, -0.2) is 8.42 Å². The highest BCUT2D eigenvalue weighted by molar-refractivity contribution is 7.98. The molecule has 1 rings (SSSR count). The molecule has 0 aliphatic carbocycles. The lowest BCUT2D eigenvalue weighted by Gasteiger charge is -2.30. The van der Waals surface area contributed by atoms with Crippen molar-refractivity contribution in [3.8, 4) is 0 Å². The normalized spacial score (nSPS) is 13.3. The maximum absolute atomic E-state index is 11.7. The van der Waals surface area contributed by atoms with Crippen LogP contribution in [0.3, 0.4) is 0 Å². The molecule has 0 fully saturated rings. The molecule has 0 saturated carbocycles. The van der Waals surface area contributed by atoms with Crippen LogP contribution in [-0.2, 0) is 9.84 Å². The quantitative estimate of drug-likeness (QED) is 0.817. The van der Waals surface area contributed by atoms with Crippen LogP contribution in [-0.4, -0.2) is 39.8 Å². The van der Waals surface area contributed by atoms with Crippen molar-refractivity contribution in [2.75, 3.05) is 35.9 Å². The number of nitrogens with zero attached hydrogens (tertiary/aromatic N) is 1. The number of para-hydroxylation sites is 1. The van der Waals surface area contributed by atoms with Gasteiger partial charge in [-0.15, -0.1) is 0 Å². The van der Waals surface area contributed by atoms with Crippen LogP contribution in [0.25, 0.3) is 0 Å². The van der Waals surface area contributed by atoms with Crippen molar-refractivity contribution >= 4 is 33.0 Å². The van der Waals surface area contributed by atoms with E-state index in [1.807, 2.05) is 13.1 Å². The second-order valence-electron chi connectivity index (χ2n) is 4.59. The van der Waals surface area contributed by atoms with E-state index in [-0.39, 0.29) is 4.90 Å². The second-order valence-corrected chi connectivity index (χ2v) is 7.48. The van der Waals surface area contributed by atoms with Crippen molar-refractivity contribution < 1.29 is 8.42 Å². The number of benzene rings is 1. The van der Waals surface area contributed by atoms with Gasteiger partial charge in [-0.05, 0) is 24.8 Å². The SMILES string of the molecule is CCC(CSC)N(C)c1cccc(S(C)(=O)=O)c1N. The van der Waals surface area contributed by atoms with Gasteiger partial charge >= 0.3 is 0 Å². The summed E-state index contributed by atoms with van der Waals surface area (Å²) in [5, 5.41) is 0. The van der Waals surface area contributed by atoms with Crippen LogP contribution >= 0.6 is 11.8 Å². The maximum Gasteiger partial charge on any atom is 0.177 e. The molecule has 0 bridgehead atoms. The Morgan fingerprint density at radius 2 is 2.05 bits per heavy atom. The predicted molar refractivity (Wildman–Crippen MR) is 84.8 cm³/mol. The molecule has 1 aromatic rings. The van der Waals surface area contributed by atoms with Crippen molar-refractivity contribution in [2.45, 2.75) is 24.3 Å². The van der Waals surface area contributed by atoms with E-state index in [2.05, 4.69) is 18.1 Å². The largest absolute Gasteiger partial charge is 0.396 e. The van der Waals surface area contributed by atoms with Gasteiger partial charge < -0.3 is 10.6 Å². The fourth-order valence-electron chi connectivity index (χ4n) is 2.06. The lowest BCUT2D eigenvalue weighted by molar-refractivity contribution is 0.602. The average molecular weight is 302 g/mol. The number of nitrogen functional groups attached to an aromatic ring is 1. The molecule has 0 aliphatic heterocycles. The molecule has 0 heterocycles. The van der Waals surface area contributed by atoms with Gasteiger partial charge in [0, 0.05) is 25.1 Å². The highest BCUT2D eigenvalue weighted by atomic mass is 32.2. The highest BCUT2D eigenvalue weighted by Crippen LogP contribution is 2.31. The van der Waals surface area contributed by atoms with Gasteiger partial charge in [0.25, 0.3) is 0 Å². The van der Waals surface area contributed by atoms with Crippen LogP contribution in [0.2, 0.25) is 0 Å². The highest BCUT2D eigenvalue weighted by Gasteiger charge is 2.19. The zero-order chi connectivity index (χ0) is 14.6. The Kier molecular flexibility index (Phi) is 5.55. The third-order valence-electron chi connectivity index (χ3n) is 3.20. The summed E-state index contributed by atoms with van der Waals surface area (Å²) in [5.41, 5.74) is 7.15. The van der Waals surface area contributed by atoms with E-state index in [1.54, 1.807) is 23.9 Å². The Hall–Kier alpha value is -0.880. The summed E-state index contributed by atoms with van der Waals surface area (Å²) < 4.78 is 23.4. The number of hydrogen-bond donors (Lipinski definition) is 1. The molecule has 0 aromatic heterocycles. The molecule has 0 aliphatic rings. The Morgan fingerprint density at radius 3 is 2.53 bits per heavy atom. The van der Waals surface area contributed by atoms with E-state index in [4.69, 9.17) is 5.73 Å². The summed E-state index contributed by atoms with van der Waals surface area (Å²) in [5.74, 6) is 0.982. The molecule has 2 N–H and O–H groups in total. The van der Waals surface area contributed by atoms with E-state index in [1.165, 1.54) is 6.26 Å². The van der Waals surface area contributed by atoms with Crippen molar-refractivity contribution in [3.05, 3.63) is 18.2 Å². The third kappa shape index (κ3) is 3.79. The zero-order valence-corrected chi connectivity index (χ0v) is 13.5. The minimum atomic E-state index is -3.29. The first-order chi connectivity index (χ1) is 8.82. The summed E-state index contributed by atoms with van der Waals surface area (Å²) in [6, 6.07) is 5.50. The molecule has 0 saturated heterocycles. The number of rotatable bonds is 6. The van der Waals surface area contributed by atoms with Gasteiger partial charge in [0.2, 0.25) is 0 Å². The molecule has 1 unspecified atom stereocenters. The monoisotopic (exact) mass is 302 g/mol. The van der Waals surface area contributed by atoms with E-state index in [0.29, 0.717) is 11.7 Å². The average Bonchev–Trinajstić information content (AvgIpc) is 2.34. The minimum absolute atomic E-state index is 0.204. The molecule has 6 heteroatoms. The number of thioether (sulfide) groups is 1. The number of sulfone groups is 1. The molecule has 0 radical (unpaired) electrons. The predicted octanol–water partition coefficient (Wildman–Crippen LogP) is 2.25. The van der Waals surface area contributed by atoms with Crippen LogP contribution in [0.5, 0.6) is 0 Å². The van der Waals surface area contributed by atoms with Gasteiger partial charge in [0.15, 0.2) is 9.84 Å². The van der Waals surface area contributed by atoms with Crippen LogP contribution in [0.1, 0.15) is 13.3 Å². The van der Waals surface area contributed by atoms with Gasteiger partial charge in [-0.2, -0.15) is 11.8 Å². The zero-order valence-electron chi connectivity index (χ0n) is 11.9. The second kappa shape index (κ2) is 6.52. The molecule has 4 nitrogen and oxygen atoms in total. The third-order valence-corrected chi connectivity index (χ3v) is 5.07. The topological polar surface area (TPSA) is 63.4 Å². The molecule has 19 heavy (non-hydrogen) atoms. The lowest BCUT2D eigenvalue weighted by atomic mass is 10.2. The van der Waals surface area contributed by atoms with Crippen molar-refractivity contribution in [1.29, 1.82) is 0 Å². The van der Waals surface area contributed by atoms with Crippen LogP contribution in [0.4, 0.5) is 11.4 Å². The number of anilines is 2. The maximum atomic E-state index is 11.7. The van der Waals surface area contributed by atoms with Gasteiger partial charge in [0.05, 0.1) is 16.3 Å². The number of nitrogens with two attached hydrogens (primary N) is 1. The fourth-order valence-corrected chi connectivity index (χ4v) is 3.73. The molecule has 1 aromatic carbocycles. The summed E-state index contributed by atoms with van der Waals surface area (Å²) >= 11 is 1.77. The molecule has 0 amide bonds. The minimum Gasteiger partial charge on any atom is -0.396 e. The van der Waals surface area contributed by atoms with Gasteiger partial charge in [-0.3, -0.25) is 0 Å². The summed E-state index contributed by atoms with van der Waals surface area (Å²) in [6.07, 6.45) is 4.23.